The molecular formula is C14H19N3O. The van der Waals surface area contributed by atoms with Crippen LogP contribution >= 0.6 is 0 Å². The van der Waals surface area contributed by atoms with Gasteiger partial charge in [-0.1, -0.05) is 12.8 Å². The predicted molar refractivity (Wildman–Crippen MR) is 73.5 cm³/mol. The van der Waals surface area contributed by atoms with Crippen molar-refractivity contribution < 1.29 is 4.79 Å². The first-order valence-electron chi connectivity index (χ1n) is 6.47. The minimum absolute atomic E-state index is 0.174. The fourth-order valence-corrected chi connectivity index (χ4v) is 2.08. The summed E-state index contributed by atoms with van der Waals surface area (Å²) in [5, 5.41) is 4.23. The number of carbonyl (C=O) groups excluding carboxylic acids is 1. The number of hydrogen-bond donors (Lipinski definition) is 2. The van der Waals surface area contributed by atoms with Crippen LogP contribution in [0.25, 0.3) is 0 Å². The van der Waals surface area contributed by atoms with Crippen LogP contribution in [0.1, 0.15) is 48.9 Å². The first kappa shape index (κ1) is 12.6. The number of nitrogens with zero attached hydrogens (tertiary/aromatic N) is 1. The third-order valence-electron chi connectivity index (χ3n) is 3.17. The van der Waals surface area contributed by atoms with E-state index in [-0.39, 0.29) is 5.91 Å². The molecule has 0 aliphatic heterocycles. The molecule has 0 radical (unpaired) electrons. The van der Waals surface area contributed by atoms with Gasteiger partial charge in [0, 0.05) is 17.0 Å². The number of nitrogen functional groups attached to an aromatic ring is 1. The summed E-state index contributed by atoms with van der Waals surface area (Å²) in [4.78, 5) is 11.8. The number of nitrogens with one attached hydrogen (secondary N) is 1. The Bertz CT molecular complexity index is 427. The first-order chi connectivity index (χ1) is 8.75. The van der Waals surface area contributed by atoms with E-state index in [1.165, 1.54) is 25.7 Å². The molecule has 1 aromatic carbocycles. The Labute approximate surface area is 107 Å². The van der Waals surface area contributed by atoms with Gasteiger partial charge in [-0.3, -0.25) is 4.79 Å². The first-order valence-corrected chi connectivity index (χ1v) is 6.47. The Morgan fingerprint density at radius 2 is 1.67 bits per heavy atom. The highest BCUT2D eigenvalue weighted by atomic mass is 16.2. The summed E-state index contributed by atoms with van der Waals surface area (Å²) in [5.41, 5.74) is 10.5. The van der Waals surface area contributed by atoms with Crippen molar-refractivity contribution in [1.82, 2.24) is 5.43 Å². The lowest BCUT2D eigenvalue weighted by molar-refractivity contribution is 0.0954. The van der Waals surface area contributed by atoms with E-state index in [1.807, 2.05) is 0 Å². The van der Waals surface area contributed by atoms with Crippen molar-refractivity contribution in [2.24, 2.45) is 5.10 Å². The maximum Gasteiger partial charge on any atom is 0.271 e. The molecule has 4 heteroatoms. The van der Waals surface area contributed by atoms with Crippen molar-refractivity contribution >= 4 is 17.3 Å². The van der Waals surface area contributed by atoms with Gasteiger partial charge in [0.05, 0.1) is 0 Å². The predicted octanol–water partition coefficient (Wildman–Crippen LogP) is 2.71. The molecule has 96 valence electrons. The normalized spacial score (nSPS) is 15.9. The van der Waals surface area contributed by atoms with Gasteiger partial charge in [0.15, 0.2) is 0 Å². The molecule has 3 N–H and O–H groups in total. The Balaban J connectivity index is 1.94. The quantitative estimate of drug-likeness (QED) is 0.478. The molecule has 0 unspecified atom stereocenters. The van der Waals surface area contributed by atoms with Gasteiger partial charge in [-0.25, -0.2) is 5.43 Å². The van der Waals surface area contributed by atoms with E-state index in [0.29, 0.717) is 11.3 Å². The van der Waals surface area contributed by atoms with Crippen molar-refractivity contribution in [2.45, 2.75) is 38.5 Å². The minimum atomic E-state index is -0.174. The van der Waals surface area contributed by atoms with Crippen molar-refractivity contribution in [3.8, 4) is 0 Å². The number of nitrogens with two attached hydrogens (primary N) is 1. The van der Waals surface area contributed by atoms with E-state index in [9.17, 15) is 4.79 Å². The van der Waals surface area contributed by atoms with E-state index in [0.717, 1.165) is 18.6 Å². The highest BCUT2D eigenvalue weighted by molar-refractivity contribution is 5.95. The summed E-state index contributed by atoms with van der Waals surface area (Å²) < 4.78 is 0. The monoisotopic (exact) mass is 245 g/mol. The van der Waals surface area contributed by atoms with Gasteiger partial charge in [0.1, 0.15) is 0 Å². The second kappa shape index (κ2) is 6.19. The number of anilines is 1. The van der Waals surface area contributed by atoms with Crippen LogP contribution in [0, 0.1) is 0 Å². The van der Waals surface area contributed by atoms with Crippen LogP contribution in [-0.4, -0.2) is 11.6 Å². The zero-order valence-corrected chi connectivity index (χ0v) is 10.5. The molecule has 0 spiro atoms. The highest BCUT2D eigenvalue weighted by Gasteiger charge is 2.07. The molecule has 0 saturated heterocycles. The molecule has 1 amide bonds. The Morgan fingerprint density at radius 3 is 2.28 bits per heavy atom. The molecule has 0 atom stereocenters. The van der Waals surface area contributed by atoms with Gasteiger partial charge < -0.3 is 5.73 Å². The second-order valence-electron chi connectivity index (χ2n) is 4.66. The SMILES string of the molecule is Nc1ccc(C(=O)NN=C2CCCCCC2)cc1. The zero-order valence-electron chi connectivity index (χ0n) is 10.5. The lowest BCUT2D eigenvalue weighted by atomic mass is 10.2. The molecule has 18 heavy (non-hydrogen) atoms. The van der Waals surface area contributed by atoms with Crippen LogP contribution in [0.4, 0.5) is 5.69 Å². The average Bonchev–Trinajstić information content (AvgIpc) is 2.65. The maximum atomic E-state index is 11.8. The molecular weight excluding hydrogens is 226 g/mol. The Morgan fingerprint density at radius 1 is 1.06 bits per heavy atom. The van der Waals surface area contributed by atoms with Crippen molar-refractivity contribution in [1.29, 1.82) is 0 Å². The number of rotatable bonds is 2. The van der Waals surface area contributed by atoms with Crippen LogP contribution in [-0.2, 0) is 0 Å². The van der Waals surface area contributed by atoms with E-state index in [2.05, 4.69) is 10.5 Å². The number of carbonyl (C=O) groups is 1. The second-order valence-corrected chi connectivity index (χ2v) is 4.66. The summed E-state index contributed by atoms with van der Waals surface area (Å²) in [6, 6.07) is 6.84. The van der Waals surface area contributed by atoms with Gasteiger partial charge in [-0.15, -0.1) is 0 Å². The molecule has 1 saturated carbocycles. The third-order valence-corrected chi connectivity index (χ3v) is 3.17. The van der Waals surface area contributed by atoms with Gasteiger partial charge in [0.25, 0.3) is 5.91 Å². The topological polar surface area (TPSA) is 67.5 Å². The summed E-state index contributed by atoms with van der Waals surface area (Å²) >= 11 is 0. The average molecular weight is 245 g/mol. The molecule has 0 aromatic heterocycles. The number of hydrogen-bond acceptors (Lipinski definition) is 3. The minimum Gasteiger partial charge on any atom is -0.399 e. The standard InChI is InChI=1S/C14H19N3O/c15-12-9-7-11(8-10-12)14(18)17-16-13-5-3-1-2-4-6-13/h7-10H,1-6,15H2,(H,17,18). The van der Waals surface area contributed by atoms with Gasteiger partial charge >= 0.3 is 0 Å². The lowest BCUT2D eigenvalue weighted by Gasteiger charge is -2.04. The number of amides is 1. The molecule has 0 bridgehead atoms. The molecule has 2 rings (SSSR count). The van der Waals surface area contributed by atoms with Gasteiger partial charge in [-0.05, 0) is 49.9 Å². The lowest BCUT2D eigenvalue weighted by Crippen LogP contribution is -2.19. The largest absolute Gasteiger partial charge is 0.399 e. The summed E-state index contributed by atoms with van der Waals surface area (Å²) in [5.74, 6) is -0.174. The van der Waals surface area contributed by atoms with Gasteiger partial charge in [-0.2, -0.15) is 5.10 Å². The van der Waals surface area contributed by atoms with E-state index in [4.69, 9.17) is 5.73 Å². The Kier molecular flexibility index (Phi) is 4.34. The summed E-state index contributed by atoms with van der Waals surface area (Å²) in [6.07, 6.45) is 6.90. The van der Waals surface area contributed by atoms with Crippen LogP contribution < -0.4 is 11.2 Å². The van der Waals surface area contributed by atoms with Crippen LogP contribution in [0.2, 0.25) is 0 Å². The van der Waals surface area contributed by atoms with Crippen molar-refractivity contribution in [2.75, 3.05) is 5.73 Å². The summed E-state index contributed by atoms with van der Waals surface area (Å²) in [7, 11) is 0. The number of hydrazone groups is 1. The molecule has 0 heterocycles. The van der Waals surface area contributed by atoms with E-state index < -0.39 is 0 Å². The Hall–Kier alpha value is -1.84. The fourth-order valence-electron chi connectivity index (χ4n) is 2.08. The molecule has 1 fully saturated rings. The van der Waals surface area contributed by atoms with Gasteiger partial charge in [0.2, 0.25) is 0 Å². The van der Waals surface area contributed by atoms with Crippen LogP contribution in [0.15, 0.2) is 29.4 Å². The smallest absolute Gasteiger partial charge is 0.271 e. The fraction of sp³-hybridized carbons (Fsp3) is 0.429. The van der Waals surface area contributed by atoms with Crippen LogP contribution in [0.5, 0.6) is 0 Å². The number of benzene rings is 1. The van der Waals surface area contributed by atoms with Crippen LogP contribution in [0.3, 0.4) is 0 Å². The molecule has 1 aliphatic rings. The van der Waals surface area contributed by atoms with Crippen molar-refractivity contribution in [3.05, 3.63) is 29.8 Å². The zero-order chi connectivity index (χ0) is 12.8. The molecule has 4 nitrogen and oxygen atoms in total. The van der Waals surface area contributed by atoms with E-state index >= 15 is 0 Å². The highest BCUT2D eigenvalue weighted by Crippen LogP contribution is 2.14. The van der Waals surface area contributed by atoms with E-state index in [1.54, 1.807) is 24.3 Å². The molecule has 1 aliphatic carbocycles. The molecule has 1 aromatic rings. The van der Waals surface area contributed by atoms with Crippen molar-refractivity contribution in [3.63, 3.8) is 0 Å². The third kappa shape index (κ3) is 3.58. The maximum absolute atomic E-state index is 11.8. The summed E-state index contributed by atoms with van der Waals surface area (Å²) in [6.45, 7) is 0.